The summed E-state index contributed by atoms with van der Waals surface area (Å²) in [6.07, 6.45) is 0.995. The monoisotopic (exact) mass is 145 g/mol. The molecule has 0 fully saturated rings. The van der Waals surface area contributed by atoms with Crippen LogP contribution in [-0.4, -0.2) is 32.6 Å². The Labute approximate surface area is 59.8 Å². The van der Waals surface area contributed by atoms with E-state index in [1.54, 1.807) is 0 Å². The van der Waals surface area contributed by atoms with Crippen LogP contribution in [-0.2, 0) is 14.3 Å². The van der Waals surface area contributed by atoms with E-state index in [0.29, 0.717) is 6.61 Å². The molecule has 10 heavy (non-hydrogen) atoms. The lowest BCUT2D eigenvalue weighted by atomic mass is 10.6. The Morgan fingerprint density at radius 2 is 2.40 bits per heavy atom. The fraction of sp³-hybridized carbons (Fsp3) is 0.833. The summed E-state index contributed by atoms with van der Waals surface area (Å²) < 4.78 is 9.80. The molecular weight excluding hydrogens is 134 g/mol. The van der Waals surface area contributed by atoms with Crippen LogP contribution in [0.1, 0.15) is 6.92 Å². The smallest absolute Gasteiger partial charge is 0.235 e. The third-order valence-corrected chi connectivity index (χ3v) is 0.920. The minimum Gasteiger partial charge on any atom is -0.354 e. The number of ether oxygens (including phenoxy) is 2. The average molecular weight is 145 g/mol. The van der Waals surface area contributed by atoms with Gasteiger partial charge < -0.3 is 9.47 Å². The van der Waals surface area contributed by atoms with Gasteiger partial charge in [0.15, 0.2) is 6.29 Å². The molecule has 4 heteroatoms. The maximum absolute atomic E-state index is 9.63. The van der Waals surface area contributed by atoms with Gasteiger partial charge >= 0.3 is 0 Å². The highest BCUT2D eigenvalue weighted by Gasteiger charge is 2.02. The molecule has 0 radical (unpaired) electrons. The lowest BCUT2D eigenvalue weighted by Gasteiger charge is -2.10. The van der Waals surface area contributed by atoms with Gasteiger partial charge in [-0.3, -0.25) is 0 Å². The molecule has 0 aliphatic heterocycles. The highest BCUT2D eigenvalue weighted by molar-refractivity contribution is 5.32. The predicted molar refractivity (Wildman–Crippen MR) is 35.4 cm³/mol. The number of hydrogen-bond acceptors (Lipinski definition) is 4. The molecule has 0 aromatic carbocycles. The molecule has 0 heterocycles. The predicted octanol–water partition coefficient (Wildman–Crippen LogP) is 0.331. The highest BCUT2D eigenvalue weighted by Crippen LogP contribution is 1.91. The Morgan fingerprint density at radius 1 is 1.70 bits per heavy atom. The minimum absolute atomic E-state index is 0.216. The summed E-state index contributed by atoms with van der Waals surface area (Å²) in [6, 6.07) is 0. The molecule has 0 aromatic rings. The molecular formula is C6H11NO3. The van der Waals surface area contributed by atoms with Gasteiger partial charge in [0.05, 0.1) is 0 Å². The molecule has 0 saturated heterocycles. The molecule has 0 spiro atoms. The minimum atomic E-state index is -0.411. The van der Waals surface area contributed by atoms with Crippen molar-refractivity contribution in [2.75, 3.05) is 20.3 Å². The van der Waals surface area contributed by atoms with Crippen molar-refractivity contribution in [1.82, 2.24) is 0 Å². The number of carbonyl (C=O) groups excluding carboxylic acids is 1. The second kappa shape index (κ2) is 6.42. The number of aliphatic imine (C=N–C) groups is 1. The van der Waals surface area contributed by atoms with Crippen LogP contribution in [0.25, 0.3) is 0 Å². The van der Waals surface area contributed by atoms with Gasteiger partial charge in [-0.05, 0) is 6.92 Å². The highest BCUT2D eigenvalue weighted by atomic mass is 16.7. The summed E-state index contributed by atoms with van der Waals surface area (Å²) in [5.74, 6) is 0. The van der Waals surface area contributed by atoms with Crippen molar-refractivity contribution < 1.29 is 14.3 Å². The van der Waals surface area contributed by atoms with Crippen molar-refractivity contribution in [2.24, 2.45) is 4.99 Å². The number of hydrogen-bond donors (Lipinski definition) is 0. The molecule has 58 valence electrons. The van der Waals surface area contributed by atoms with Crippen LogP contribution < -0.4 is 0 Å². The number of rotatable bonds is 5. The van der Waals surface area contributed by atoms with E-state index < -0.39 is 6.29 Å². The summed E-state index contributed by atoms with van der Waals surface area (Å²) in [7, 11) is 1.50. The van der Waals surface area contributed by atoms with Crippen LogP contribution in [0.4, 0.5) is 0 Å². The van der Waals surface area contributed by atoms with E-state index in [1.165, 1.54) is 13.2 Å². The molecule has 1 unspecified atom stereocenters. The zero-order valence-electron chi connectivity index (χ0n) is 6.16. The second-order valence-corrected chi connectivity index (χ2v) is 1.55. The van der Waals surface area contributed by atoms with Crippen LogP contribution in [0.5, 0.6) is 0 Å². The van der Waals surface area contributed by atoms with Crippen molar-refractivity contribution in [3.05, 3.63) is 0 Å². The molecule has 0 bridgehead atoms. The lowest BCUT2D eigenvalue weighted by Crippen LogP contribution is -2.18. The van der Waals surface area contributed by atoms with Gasteiger partial charge in [0.2, 0.25) is 6.08 Å². The SMILES string of the molecule is CCOC(CN=C=O)OC. The van der Waals surface area contributed by atoms with Gasteiger partial charge in [-0.15, -0.1) is 0 Å². The van der Waals surface area contributed by atoms with Gasteiger partial charge in [0.25, 0.3) is 0 Å². The number of isocyanates is 1. The summed E-state index contributed by atoms with van der Waals surface area (Å²) in [4.78, 5) is 12.9. The van der Waals surface area contributed by atoms with Gasteiger partial charge in [-0.1, -0.05) is 0 Å². The Balaban J connectivity index is 3.48. The topological polar surface area (TPSA) is 47.9 Å². The standard InChI is InChI=1S/C6H11NO3/c1-3-10-6(9-2)4-7-5-8/h6H,3-4H2,1-2H3. The second-order valence-electron chi connectivity index (χ2n) is 1.55. The molecule has 0 aliphatic carbocycles. The summed E-state index contributed by atoms with van der Waals surface area (Å²) in [5.41, 5.74) is 0. The van der Waals surface area contributed by atoms with E-state index in [9.17, 15) is 4.79 Å². The van der Waals surface area contributed by atoms with Gasteiger partial charge in [-0.2, -0.15) is 0 Å². The maximum atomic E-state index is 9.63. The zero-order valence-corrected chi connectivity index (χ0v) is 6.16. The van der Waals surface area contributed by atoms with E-state index >= 15 is 0 Å². The molecule has 0 amide bonds. The van der Waals surface area contributed by atoms with E-state index in [2.05, 4.69) is 4.99 Å². The van der Waals surface area contributed by atoms with Crippen molar-refractivity contribution in [2.45, 2.75) is 13.2 Å². The summed E-state index contributed by atoms with van der Waals surface area (Å²) in [5, 5.41) is 0. The first-order valence-corrected chi connectivity index (χ1v) is 3.03. The van der Waals surface area contributed by atoms with Crippen molar-refractivity contribution in [3.8, 4) is 0 Å². The molecule has 1 atom stereocenters. The first-order chi connectivity index (χ1) is 4.85. The van der Waals surface area contributed by atoms with Gasteiger partial charge in [0.1, 0.15) is 6.54 Å². The first kappa shape index (κ1) is 9.30. The summed E-state index contributed by atoms with van der Waals surface area (Å²) >= 11 is 0. The molecule has 4 nitrogen and oxygen atoms in total. The van der Waals surface area contributed by atoms with Crippen LogP contribution >= 0.6 is 0 Å². The zero-order chi connectivity index (χ0) is 7.82. The maximum Gasteiger partial charge on any atom is 0.235 e. The Hall–Kier alpha value is -0.700. The normalized spacial score (nSPS) is 12.2. The fourth-order valence-corrected chi connectivity index (χ4v) is 0.493. The Bertz CT molecular complexity index is 120. The van der Waals surface area contributed by atoms with Crippen molar-refractivity contribution in [3.63, 3.8) is 0 Å². The molecule has 0 aromatic heterocycles. The van der Waals surface area contributed by atoms with Crippen LogP contribution in [0, 0.1) is 0 Å². The fourth-order valence-electron chi connectivity index (χ4n) is 0.493. The van der Waals surface area contributed by atoms with E-state index in [-0.39, 0.29) is 6.54 Å². The first-order valence-electron chi connectivity index (χ1n) is 3.03. The largest absolute Gasteiger partial charge is 0.354 e. The molecule has 0 aliphatic rings. The lowest BCUT2D eigenvalue weighted by molar-refractivity contribution is -0.112. The van der Waals surface area contributed by atoms with Gasteiger partial charge in [-0.25, -0.2) is 9.79 Å². The molecule has 0 saturated carbocycles. The quantitative estimate of drug-likeness (QED) is 0.318. The Kier molecular flexibility index (Phi) is 5.97. The third kappa shape index (κ3) is 4.21. The van der Waals surface area contributed by atoms with Crippen LogP contribution in [0.15, 0.2) is 4.99 Å². The summed E-state index contributed by atoms with van der Waals surface area (Å²) in [6.45, 7) is 2.61. The van der Waals surface area contributed by atoms with Crippen LogP contribution in [0.3, 0.4) is 0 Å². The van der Waals surface area contributed by atoms with Crippen molar-refractivity contribution >= 4 is 6.08 Å². The Morgan fingerprint density at radius 3 is 2.80 bits per heavy atom. The third-order valence-electron chi connectivity index (χ3n) is 0.920. The van der Waals surface area contributed by atoms with Gasteiger partial charge in [0, 0.05) is 13.7 Å². The molecule has 0 N–H and O–H groups in total. The van der Waals surface area contributed by atoms with Crippen molar-refractivity contribution in [1.29, 1.82) is 0 Å². The van der Waals surface area contributed by atoms with E-state index in [4.69, 9.17) is 9.47 Å². The number of nitrogens with zero attached hydrogens (tertiary/aromatic N) is 1. The van der Waals surface area contributed by atoms with Crippen LogP contribution in [0.2, 0.25) is 0 Å². The number of methoxy groups -OCH3 is 1. The van der Waals surface area contributed by atoms with E-state index in [0.717, 1.165) is 0 Å². The average Bonchev–Trinajstić information content (AvgIpc) is 1.98. The van der Waals surface area contributed by atoms with E-state index in [1.807, 2.05) is 6.92 Å². The molecule has 0 rings (SSSR count).